The Bertz CT molecular complexity index is 1530. The zero-order valence-electron chi connectivity index (χ0n) is 22.8. The molecule has 0 saturated carbocycles. The van der Waals surface area contributed by atoms with Crippen LogP contribution in [0.5, 0.6) is 0 Å². The zero-order chi connectivity index (χ0) is 27.0. The molecule has 2 aliphatic heterocycles. The van der Waals surface area contributed by atoms with Gasteiger partial charge >= 0.3 is 7.12 Å². The molecule has 5 nitrogen and oxygen atoms in total. The first-order chi connectivity index (χ1) is 18.8. The molecule has 4 aromatic carbocycles. The lowest BCUT2D eigenvalue weighted by molar-refractivity contribution is 0.00578. The molecule has 0 amide bonds. The SMILES string of the molecule is CC1(C)OB(c2cccc(-c3cccc(C4=NC(c5ccccc5)N=C(c5ccccc5)N4)c3)c2)OC1(C)C. The van der Waals surface area contributed by atoms with Crippen LogP contribution in [0.15, 0.2) is 119 Å². The molecule has 6 rings (SSSR count). The van der Waals surface area contributed by atoms with Gasteiger partial charge in [-0.15, -0.1) is 0 Å². The van der Waals surface area contributed by atoms with Gasteiger partial charge in [0.2, 0.25) is 0 Å². The van der Waals surface area contributed by atoms with Gasteiger partial charge in [-0.3, -0.25) is 0 Å². The Hall–Kier alpha value is -4.00. The summed E-state index contributed by atoms with van der Waals surface area (Å²) in [6.45, 7) is 8.31. The van der Waals surface area contributed by atoms with Crippen molar-refractivity contribution in [1.82, 2.24) is 5.32 Å². The van der Waals surface area contributed by atoms with E-state index in [1.165, 1.54) is 0 Å². The van der Waals surface area contributed by atoms with Crippen LogP contribution >= 0.6 is 0 Å². The average Bonchev–Trinajstić information content (AvgIpc) is 3.20. The number of nitrogens with zero attached hydrogens (tertiary/aromatic N) is 2. The number of benzene rings is 4. The summed E-state index contributed by atoms with van der Waals surface area (Å²) in [5, 5.41) is 3.50. The van der Waals surface area contributed by atoms with Crippen molar-refractivity contribution in [1.29, 1.82) is 0 Å². The van der Waals surface area contributed by atoms with E-state index in [0.717, 1.165) is 45.0 Å². The topological polar surface area (TPSA) is 55.2 Å². The van der Waals surface area contributed by atoms with Crippen molar-refractivity contribution in [3.63, 3.8) is 0 Å². The third-order valence-electron chi connectivity index (χ3n) is 7.77. The lowest BCUT2D eigenvalue weighted by atomic mass is 9.78. The minimum absolute atomic E-state index is 0.326. The van der Waals surface area contributed by atoms with E-state index in [9.17, 15) is 0 Å². The first-order valence-corrected chi connectivity index (χ1v) is 13.4. The van der Waals surface area contributed by atoms with Crippen molar-refractivity contribution >= 4 is 24.3 Å². The van der Waals surface area contributed by atoms with Crippen LogP contribution in [0.1, 0.15) is 50.6 Å². The quantitative estimate of drug-likeness (QED) is 0.326. The fourth-order valence-electron chi connectivity index (χ4n) is 4.80. The van der Waals surface area contributed by atoms with Crippen LogP contribution in [0.4, 0.5) is 0 Å². The highest BCUT2D eigenvalue weighted by molar-refractivity contribution is 6.62. The summed E-state index contributed by atoms with van der Waals surface area (Å²) in [6, 6.07) is 37.2. The first kappa shape index (κ1) is 25.3. The van der Waals surface area contributed by atoms with Crippen LogP contribution in [0, 0.1) is 0 Å². The van der Waals surface area contributed by atoms with Crippen LogP contribution < -0.4 is 10.8 Å². The summed E-state index contributed by atoms with van der Waals surface area (Å²) in [5.74, 6) is 1.60. The molecular weight excluding hydrogens is 481 g/mol. The molecule has 1 N–H and O–H groups in total. The molecule has 2 heterocycles. The fraction of sp³-hybridized carbons (Fsp3) is 0.212. The Morgan fingerprint density at radius 3 is 1.77 bits per heavy atom. The van der Waals surface area contributed by atoms with Gasteiger partial charge in [-0.1, -0.05) is 103 Å². The van der Waals surface area contributed by atoms with E-state index < -0.39 is 7.12 Å². The number of hydrogen-bond donors (Lipinski definition) is 1. The number of amidine groups is 2. The molecule has 0 spiro atoms. The Balaban J connectivity index is 1.34. The van der Waals surface area contributed by atoms with E-state index in [4.69, 9.17) is 19.3 Å². The van der Waals surface area contributed by atoms with Crippen molar-refractivity contribution in [2.24, 2.45) is 9.98 Å². The van der Waals surface area contributed by atoms with Gasteiger partial charge in [0.15, 0.2) is 6.17 Å². The summed E-state index contributed by atoms with van der Waals surface area (Å²) in [6.07, 6.45) is -0.326. The van der Waals surface area contributed by atoms with Crippen LogP contribution in [-0.2, 0) is 9.31 Å². The molecule has 1 saturated heterocycles. The maximum absolute atomic E-state index is 6.30. The monoisotopic (exact) mass is 513 g/mol. The third-order valence-corrected chi connectivity index (χ3v) is 7.77. The Kier molecular flexibility index (Phi) is 6.45. The number of rotatable bonds is 5. The summed E-state index contributed by atoms with van der Waals surface area (Å²) in [7, 11) is -0.404. The molecule has 39 heavy (non-hydrogen) atoms. The molecule has 0 aromatic heterocycles. The Labute approximate surface area is 230 Å². The Morgan fingerprint density at radius 1 is 0.590 bits per heavy atom. The van der Waals surface area contributed by atoms with Crippen LogP contribution in [0.2, 0.25) is 0 Å². The van der Waals surface area contributed by atoms with E-state index >= 15 is 0 Å². The lowest BCUT2D eigenvalue weighted by Gasteiger charge is -2.32. The molecule has 1 atom stereocenters. The highest BCUT2D eigenvalue weighted by Crippen LogP contribution is 2.36. The van der Waals surface area contributed by atoms with Gasteiger partial charge in [-0.05, 0) is 55.9 Å². The number of nitrogens with one attached hydrogen (secondary N) is 1. The van der Waals surface area contributed by atoms with E-state index in [0.29, 0.717) is 0 Å². The molecule has 1 unspecified atom stereocenters. The molecule has 2 aliphatic rings. The standard InChI is InChI=1S/C33H32BN3O2/c1-32(2)33(3,4)39-34(38-32)28-20-12-18-26(22-28)25-17-11-19-27(21-25)31-36-29(23-13-7-5-8-14-23)35-30(37-31)24-15-9-6-10-16-24/h5-22,29H,1-4H3,(H,35,36,37). The first-order valence-electron chi connectivity index (χ1n) is 13.4. The molecule has 6 heteroatoms. The predicted molar refractivity (Wildman–Crippen MR) is 159 cm³/mol. The van der Waals surface area contributed by atoms with E-state index in [2.05, 4.69) is 106 Å². The molecule has 0 aliphatic carbocycles. The summed E-state index contributed by atoms with van der Waals surface area (Å²) >= 11 is 0. The van der Waals surface area contributed by atoms with Crippen LogP contribution in [0.25, 0.3) is 11.1 Å². The number of hydrogen-bond acceptors (Lipinski definition) is 5. The van der Waals surface area contributed by atoms with E-state index in [-0.39, 0.29) is 17.4 Å². The zero-order valence-corrected chi connectivity index (χ0v) is 22.8. The van der Waals surface area contributed by atoms with Gasteiger partial charge < -0.3 is 14.6 Å². The highest BCUT2D eigenvalue weighted by atomic mass is 16.7. The van der Waals surface area contributed by atoms with Crippen molar-refractivity contribution in [3.05, 3.63) is 126 Å². The van der Waals surface area contributed by atoms with Gasteiger partial charge in [-0.2, -0.15) is 0 Å². The second kappa shape index (κ2) is 9.95. The fourth-order valence-corrected chi connectivity index (χ4v) is 4.80. The summed E-state index contributed by atoms with van der Waals surface area (Å²) in [4.78, 5) is 9.97. The second-order valence-corrected chi connectivity index (χ2v) is 11.0. The lowest BCUT2D eigenvalue weighted by Crippen LogP contribution is -2.41. The summed E-state index contributed by atoms with van der Waals surface area (Å²) < 4.78 is 12.6. The van der Waals surface area contributed by atoms with Gasteiger partial charge in [0, 0.05) is 11.1 Å². The molecule has 1 fully saturated rings. The maximum atomic E-state index is 6.30. The predicted octanol–water partition coefficient (Wildman–Crippen LogP) is 6.15. The second-order valence-electron chi connectivity index (χ2n) is 11.0. The molecule has 4 aromatic rings. The van der Waals surface area contributed by atoms with Crippen LogP contribution in [0.3, 0.4) is 0 Å². The van der Waals surface area contributed by atoms with Gasteiger partial charge in [0.1, 0.15) is 11.7 Å². The van der Waals surface area contributed by atoms with E-state index in [1.807, 2.05) is 36.4 Å². The maximum Gasteiger partial charge on any atom is 0.494 e. The molecule has 194 valence electrons. The van der Waals surface area contributed by atoms with Crippen molar-refractivity contribution in [2.75, 3.05) is 0 Å². The largest absolute Gasteiger partial charge is 0.494 e. The van der Waals surface area contributed by atoms with Gasteiger partial charge in [-0.25, -0.2) is 9.98 Å². The molecule has 0 radical (unpaired) electrons. The van der Waals surface area contributed by atoms with Crippen molar-refractivity contribution in [2.45, 2.75) is 45.1 Å². The average molecular weight is 513 g/mol. The van der Waals surface area contributed by atoms with E-state index in [1.54, 1.807) is 0 Å². The highest BCUT2D eigenvalue weighted by Gasteiger charge is 2.51. The minimum Gasteiger partial charge on any atom is -0.399 e. The number of aliphatic imine (C=N–C) groups is 2. The smallest absolute Gasteiger partial charge is 0.399 e. The minimum atomic E-state index is -0.404. The van der Waals surface area contributed by atoms with Crippen molar-refractivity contribution < 1.29 is 9.31 Å². The summed E-state index contributed by atoms with van der Waals surface area (Å²) in [5.41, 5.74) is 5.50. The van der Waals surface area contributed by atoms with Crippen LogP contribution in [-0.4, -0.2) is 30.0 Å². The molecule has 0 bridgehead atoms. The van der Waals surface area contributed by atoms with Crippen molar-refractivity contribution in [3.8, 4) is 11.1 Å². The van der Waals surface area contributed by atoms with Gasteiger partial charge in [0.25, 0.3) is 0 Å². The molecular formula is C33H32BN3O2. The third kappa shape index (κ3) is 5.06. The van der Waals surface area contributed by atoms with Gasteiger partial charge in [0.05, 0.1) is 11.2 Å². The normalized spacial score (nSPS) is 19.7. The Morgan fingerprint density at radius 2 is 1.10 bits per heavy atom.